The first kappa shape index (κ1) is 18.2. The minimum atomic E-state index is -0.292. The molecule has 1 aliphatic heterocycles. The van der Waals surface area contributed by atoms with Crippen LogP contribution >= 0.6 is 35.1 Å². The summed E-state index contributed by atoms with van der Waals surface area (Å²) < 4.78 is 5.75. The van der Waals surface area contributed by atoms with E-state index in [1.165, 1.54) is 16.7 Å². The summed E-state index contributed by atoms with van der Waals surface area (Å²) in [5, 5.41) is 1.67. The Labute approximate surface area is 168 Å². The fourth-order valence-electron chi connectivity index (χ4n) is 2.62. The SMILES string of the molecule is CC(C)N1C(=O)SC(=Cc2ccc(Sc3nc4ccc(Cl)cc4[nH]3)o2)C1=O. The lowest BCUT2D eigenvalue weighted by Crippen LogP contribution is -2.34. The molecule has 1 fully saturated rings. The molecule has 2 amide bonds. The first-order valence-corrected chi connectivity index (χ1v) is 10.1. The number of carbonyl (C=O) groups excluding carboxylic acids is 2. The Morgan fingerprint density at radius 3 is 2.85 bits per heavy atom. The number of halogens is 1. The van der Waals surface area contributed by atoms with Gasteiger partial charge in [0.05, 0.1) is 15.9 Å². The molecule has 0 unspecified atom stereocenters. The number of nitrogens with zero attached hydrogens (tertiary/aromatic N) is 2. The Morgan fingerprint density at radius 1 is 1.30 bits per heavy atom. The summed E-state index contributed by atoms with van der Waals surface area (Å²) in [7, 11) is 0. The molecule has 1 saturated heterocycles. The van der Waals surface area contributed by atoms with Gasteiger partial charge in [-0.3, -0.25) is 14.5 Å². The number of fused-ring (bicyclic) bond motifs is 1. The first-order chi connectivity index (χ1) is 12.9. The van der Waals surface area contributed by atoms with E-state index in [0.29, 0.717) is 25.9 Å². The van der Waals surface area contributed by atoms with Crippen molar-refractivity contribution in [1.29, 1.82) is 0 Å². The number of furan rings is 1. The predicted octanol–water partition coefficient (Wildman–Crippen LogP) is 5.41. The van der Waals surface area contributed by atoms with Gasteiger partial charge in [-0.05, 0) is 67.7 Å². The average Bonchev–Trinajstić information content (AvgIpc) is 3.26. The number of rotatable bonds is 4. The number of nitrogens with one attached hydrogen (secondary N) is 1. The van der Waals surface area contributed by atoms with Crippen molar-refractivity contribution in [3.8, 4) is 0 Å². The molecule has 0 saturated carbocycles. The van der Waals surface area contributed by atoms with Gasteiger partial charge in [-0.1, -0.05) is 11.6 Å². The maximum Gasteiger partial charge on any atom is 0.293 e. The lowest BCUT2D eigenvalue weighted by atomic mass is 10.3. The highest BCUT2D eigenvalue weighted by Gasteiger charge is 2.36. The van der Waals surface area contributed by atoms with Gasteiger partial charge >= 0.3 is 0 Å². The number of imide groups is 1. The Hall–Kier alpha value is -2.16. The molecule has 3 heterocycles. The van der Waals surface area contributed by atoms with E-state index < -0.39 is 0 Å². The fourth-order valence-corrected chi connectivity index (χ4v) is 4.51. The van der Waals surface area contributed by atoms with E-state index in [2.05, 4.69) is 9.97 Å². The molecule has 27 heavy (non-hydrogen) atoms. The van der Waals surface area contributed by atoms with Crippen molar-refractivity contribution >= 4 is 63.4 Å². The van der Waals surface area contributed by atoms with E-state index in [0.717, 1.165) is 22.8 Å². The fraction of sp³-hybridized carbons (Fsp3) is 0.167. The van der Waals surface area contributed by atoms with Crippen LogP contribution in [0.2, 0.25) is 5.02 Å². The number of amides is 2. The molecule has 0 radical (unpaired) electrons. The summed E-state index contributed by atoms with van der Waals surface area (Å²) in [6.07, 6.45) is 1.59. The molecule has 0 spiro atoms. The Morgan fingerprint density at radius 2 is 2.11 bits per heavy atom. The Bertz CT molecular complexity index is 1090. The molecule has 0 aliphatic carbocycles. The maximum atomic E-state index is 12.3. The zero-order valence-corrected chi connectivity index (χ0v) is 16.7. The highest BCUT2D eigenvalue weighted by molar-refractivity contribution is 8.18. The summed E-state index contributed by atoms with van der Waals surface area (Å²) in [6, 6.07) is 8.82. The van der Waals surface area contributed by atoms with Gasteiger partial charge in [-0.2, -0.15) is 0 Å². The van der Waals surface area contributed by atoms with Crippen LogP contribution in [0.25, 0.3) is 17.1 Å². The standard InChI is InChI=1S/C18H14ClN3O3S2/c1-9(2)22-16(23)14(26-18(22)24)8-11-4-6-15(25-11)27-17-20-12-5-3-10(19)7-13(12)21-17/h3-9H,1-2H3,(H,20,21). The quantitative estimate of drug-likeness (QED) is 0.570. The van der Waals surface area contributed by atoms with Crippen molar-refractivity contribution in [2.24, 2.45) is 0 Å². The van der Waals surface area contributed by atoms with E-state index in [4.69, 9.17) is 16.0 Å². The molecule has 2 aromatic heterocycles. The third-order valence-corrected chi connectivity index (χ3v) is 5.76. The first-order valence-electron chi connectivity index (χ1n) is 8.11. The summed E-state index contributed by atoms with van der Waals surface area (Å²) in [6.45, 7) is 3.61. The molecule has 9 heteroatoms. The van der Waals surface area contributed by atoms with Crippen LogP contribution in [0.5, 0.6) is 0 Å². The maximum absolute atomic E-state index is 12.3. The highest BCUT2D eigenvalue weighted by Crippen LogP contribution is 2.35. The highest BCUT2D eigenvalue weighted by atomic mass is 35.5. The molecule has 1 N–H and O–H groups in total. The monoisotopic (exact) mass is 419 g/mol. The number of aromatic amines is 1. The van der Waals surface area contributed by atoms with Crippen molar-refractivity contribution in [2.45, 2.75) is 30.1 Å². The number of thioether (sulfide) groups is 1. The topological polar surface area (TPSA) is 79.2 Å². The van der Waals surface area contributed by atoms with Gasteiger partial charge in [0.1, 0.15) is 5.76 Å². The van der Waals surface area contributed by atoms with Gasteiger partial charge in [-0.25, -0.2) is 4.98 Å². The number of benzene rings is 1. The summed E-state index contributed by atoms with van der Waals surface area (Å²) in [4.78, 5) is 33.5. The van der Waals surface area contributed by atoms with Gasteiger partial charge in [0, 0.05) is 17.1 Å². The van der Waals surface area contributed by atoms with Gasteiger partial charge < -0.3 is 9.40 Å². The smallest absolute Gasteiger partial charge is 0.293 e. The van der Waals surface area contributed by atoms with Gasteiger partial charge in [0.25, 0.3) is 11.1 Å². The van der Waals surface area contributed by atoms with Crippen LogP contribution in [-0.4, -0.2) is 32.1 Å². The third kappa shape index (κ3) is 3.65. The van der Waals surface area contributed by atoms with Crippen molar-refractivity contribution in [1.82, 2.24) is 14.9 Å². The number of hydrogen-bond acceptors (Lipinski definition) is 6. The van der Waals surface area contributed by atoms with Crippen LogP contribution < -0.4 is 0 Å². The minimum absolute atomic E-state index is 0.173. The second kappa shape index (κ2) is 7.10. The zero-order chi connectivity index (χ0) is 19.1. The van der Waals surface area contributed by atoms with Crippen molar-refractivity contribution in [3.05, 3.63) is 46.0 Å². The number of H-pyrrole nitrogens is 1. The second-order valence-corrected chi connectivity index (χ2v) is 8.53. The molecule has 3 aromatic rings. The van der Waals surface area contributed by atoms with Crippen molar-refractivity contribution < 1.29 is 14.0 Å². The molecule has 0 atom stereocenters. The van der Waals surface area contributed by atoms with Crippen LogP contribution in [0.15, 0.2) is 49.9 Å². The molecule has 6 nitrogen and oxygen atoms in total. The third-order valence-electron chi connectivity index (χ3n) is 3.83. The second-order valence-electron chi connectivity index (χ2n) is 6.11. The normalized spacial score (nSPS) is 16.4. The van der Waals surface area contributed by atoms with Crippen LogP contribution in [0, 0.1) is 0 Å². The predicted molar refractivity (Wildman–Crippen MR) is 107 cm³/mol. The number of imidazole rings is 1. The van der Waals surface area contributed by atoms with E-state index in [1.807, 2.05) is 12.1 Å². The molecular weight excluding hydrogens is 406 g/mol. The van der Waals surface area contributed by atoms with E-state index in [-0.39, 0.29) is 17.2 Å². The summed E-state index contributed by atoms with van der Waals surface area (Å²) >= 11 is 8.24. The van der Waals surface area contributed by atoms with Crippen LogP contribution in [0.1, 0.15) is 19.6 Å². The van der Waals surface area contributed by atoms with E-state index in [9.17, 15) is 9.59 Å². The lowest BCUT2D eigenvalue weighted by Gasteiger charge is -2.16. The van der Waals surface area contributed by atoms with Crippen LogP contribution in [-0.2, 0) is 4.79 Å². The zero-order valence-electron chi connectivity index (χ0n) is 14.4. The van der Waals surface area contributed by atoms with Crippen molar-refractivity contribution in [2.75, 3.05) is 0 Å². The molecule has 1 aliphatic rings. The summed E-state index contributed by atoms with van der Waals surface area (Å²) in [5.74, 6) is 0.214. The number of carbonyl (C=O) groups is 2. The van der Waals surface area contributed by atoms with Crippen LogP contribution in [0.3, 0.4) is 0 Å². The van der Waals surface area contributed by atoms with Gasteiger partial charge in [-0.15, -0.1) is 0 Å². The minimum Gasteiger partial charge on any atom is -0.450 e. The molecular formula is C18H14ClN3O3S2. The summed E-state index contributed by atoms with van der Waals surface area (Å²) in [5.41, 5.74) is 1.66. The molecule has 138 valence electrons. The largest absolute Gasteiger partial charge is 0.450 e. The van der Waals surface area contributed by atoms with E-state index >= 15 is 0 Å². The van der Waals surface area contributed by atoms with Gasteiger partial charge in [0.2, 0.25) is 0 Å². The number of aromatic nitrogens is 2. The Kier molecular flexibility index (Phi) is 4.79. The van der Waals surface area contributed by atoms with Crippen LogP contribution in [0.4, 0.5) is 4.79 Å². The van der Waals surface area contributed by atoms with Crippen molar-refractivity contribution in [3.63, 3.8) is 0 Å². The molecule has 4 rings (SSSR count). The lowest BCUT2D eigenvalue weighted by molar-refractivity contribution is -0.123. The van der Waals surface area contributed by atoms with E-state index in [1.54, 1.807) is 38.1 Å². The molecule has 1 aromatic carbocycles. The Balaban J connectivity index is 1.53. The average molecular weight is 420 g/mol. The van der Waals surface area contributed by atoms with Gasteiger partial charge in [0.15, 0.2) is 10.2 Å². The molecule has 0 bridgehead atoms. The number of hydrogen-bond donors (Lipinski definition) is 1.